The minimum absolute atomic E-state index is 0.100. The third-order valence-electron chi connectivity index (χ3n) is 5.40. The van der Waals surface area contributed by atoms with E-state index in [1.807, 2.05) is 30.0 Å². The SMILES string of the molecule is Cc1ccc(N2CCC(C(=O)N3c4ccccc4CC3C)CC2)nn1. The van der Waals surface area contributed by atoms with Crippen LogP contribution in [0.5, 0.6) is 0 Å². The summed E-state index contributed by atoms with van der Waals surface area (Å²) < 4.78 is 0. The maximum absolute atomic E-state index is 13.1. The smallest absolute Gasteiger partial charge is 0.230 e. The van der Waals surface area contributed by atoms with Gasteiger partial charge in [0.05, 0.1) is 5.69 Å². The van der Waals surface area contributed by atoms with E-state index in [2.05, 4.69) is 40.2 Å². The van der Waals surface area contributed by atoms with Crippen molar-refractivity contribution in [3.8, 4) is 0 Å². The highest BCUT2D eigenvalue weighted by Gasteiger charge is 2.36. The van der Waals surface area contributed by atoms with Gasteiger partial charge in [-0.05, 0) is 56.9 Å². The zero-order valence-corrected chi connectivity index (χ0v) is 14.9. The van der Waals surface area contributed by atoms with Crippen LogP contribution in [0, 0.1) is 12.8 Å². The van der Waals surface area contributed by atoms with E-state index >= 15 is 0 Å². The fraction of sp³-hybridized carbons (Fsp3) is 0.450. The molecule has 2 aromatic rings. The highest BCUT2D eigenvalue weighted by molar-refractivity contribution is 5.97. The predicted octanol–water partition coefficient (Wildman–Crippen LogP) is 2.98. The van der Waals surface area contributed by atoms with E-state index in [4.69, 9.17) is 0 Å². The second kappa shape index (κ2) is 6.47. The summed E-state index contributed by atoms with van der Waals surface area (Å²) in [7, 11) is 0. The highest BCUT2D eigenvalue weighted by Crippen LogP contribution is 2.34. The van der Waals surface area contributed by atoms with Gasteiger partial charge in [0.2, 0.25) is 5.91 Å². The lowest BCUT2D eigenvalue weighted by molar-refractivity contribution is -0.123. The van der Waals surface area contributed by atoms with E-state index in [0.29, 0.717) is 0 Å². The zero-order valence-electron chi connectivity index (χ0n) is 14.9. The van der Waals surface area contributed by atoms with Gasteiger partial charge in [0.25, 0.3) is 0 Å². The number of aromatic nitrogens is 2. The molecule has 1 amide bonds. The Balaban J connectivity index is 1.44. The van der Waals surface area contributed by atoms with Gasteiger partial charge < -0.3 is 9.80 Å². The van der Waals surface area contributed by atoms with Crippen LogP contribution in [0.4, 0.5) is 11.5 Å². The summed E-state index contributed by atoms with van der Waals surface area (Å²) in [4.78, 5) is 17.4. The Hall–Kier alpha value is -2.43. The Morgan fingerprint density at radius 3 is 2.56 bits per heavy atom. The molecule has 0 aliphatic carbocycles. The fourth-order valence-electron chi connectivity index (χ4n) is 4.01. The molecular formula is C20H24N4O. The number of carbonyl (C=O) groups excluding carboxylic acids is 1. The van der Waals surface area contributed by atoms with Crippen LogP contribution in [0.25, 0.3) is 0 Å². The number of rotatable bonds is 2. The lowest BCUT2D eigenvalue weighted by atomic mass is 9.95. The largest absolute Gasteiger partial charge is 0.355 e. The predicted molar refractivity (Wildman–Crippen MR) is 98.8 cm³/mol. The average molecular weight is 336 g/mol. The van der Waals surface area contributed by atoms with E-state index in [-0.39, 0.29) is 17.9 Å². The van der Waals surface area contributed by atoms with Crippen LogP contribution in [-0.4, -0.2) is 35.2 Å². The molecular weight excluding hydrogens is 312 g/mol. The first-order chi connectivity index (χ1) is 12.1. The molecule has 2 aliphatic heterocycles. The Labute approximate surface area is 148 Å². The standard InChI is InChI=1S/C20H24N4O/c1-14-7-8-19(22-21-14)23-11-9-16(10-12-23)20(25)24-15(2)13-17-5-3-4-6-18(17)24/h3-8,15-16H,9-13H2,1-2H3. The average Bonchev–Trinajstić information content (AvgIpc) is 2.97. The second-order valence-electron chi connectivity index (χ2n) is 7.18. The zero-order chi connectivity index (χ0) is 17.4. The third-order valence-corrected chi connectivity index (χ3v) is 5.40. The van der Waals surface area contributed by atoms with E-state index in [0.717, 1.165) is 49.6 Å². The lowest BCUT2D eigenvalue weighted by Gasteiger charge is -2.35. The van der Waals surface area contributed by atoms with Crippen LogP contribution in [-0.2, 0) is 11.2 Å². The number of para-hydroxylation sites is 1. The van der Waals surface area contributed by atoms with Gasteiger partial charge >= 0.3 is 0 Å². The summed E-state index contributed by atoms with van der Waals surface area (Å²) in [5.74, 6) is 1.30. The first-order valence-electron chi connectivity index (χ1n) is 9.10. The molecule has 0 bridgehead atoms. The number of anilines is 2. The van der Waals surface area contributed by atoms with Crippen molar-refractivity contribution in [3.63, 3.8) is 0 Å². The third kappa shape index (κ3) is 2.99. The number of nitrogens with zero attached hydrogens (tertiary/aromatic N) is 4. The first kappa shape index (κ1) is 16.1. The van der Waals surface area contributed by atoms with Crippen LogP contribution >= 0.6 is 0 Å². The Morgan fingerprint density at radius 1 is 1.08 bits per heavy atom. The molecule has 5 heteroatoms. The number of hydrogen-bond donors (Lipinski definition) is 0. The summed E-state index contributed by atoms with van der Waals surface area (Å²) in [6, 6.07) is 12.6. The van der Waals surface area contributed by atoms with Crippen molar-refractivity contribution in [2.75, 3.05) is 22.9 Å². The Kier molecular flexibility index (Phi) is 4.15. The van der Waals surface area contributed by atoms with Gasteiger partial charge in [0, 0.05) is 30.7 Å². The fourth-order valence-corrected chi connectivity index (χ4v) is 4.01. The molecule has 25 heavy (non-hydrogen) atoms. The van der Waals surface area contributed by atoms with Crippen LogP contribution in [0.2, 0.25) is 0 Å². The van der Waals surface area contributed by atoms with Gasteiger partial charge in [-0.3, -0.25) is 4.79 Å². The molecule has 1 unspecified atom stereocenters. The molecule has 3 heterocycles. The molecule has 5 nitrogen and oxygen atoms in total. The van der Waals surface area contributed by atoms with Gasteiger partial charge in [0.1, 0.15) is 0 Å². The van der Waals surface area contributed by atoms with Crippen molar-refractivity contribution in [3.05, 3.63) is 47.7 Å². The molecule has 0 spiro atoms. The highest BCUT2D eigenvalue weighted by atomic mass is 16.2. The summed E-state index contributed by atoms with van der Waals surface area (Å²) in [6.07, 6.45) is 2.71. The molecule has 4 rings (SSSR count). The number of amides is 1. The lowest BCUT2D eigenvalue weighted by Crippen LogP contribution is -2.45. The van der Waals surface area contributed by atoms with Crippen molar-refractivity contribution in [2.45, 2.75) is 39.2 Å². The number of fused-ring (bicyclic) bond motifs is 1. The minimum Gasteiger partial charge on any atom is -0.355 e. The molecule has 1 aromatic carbocycles. The second-order valence-corrected chi connectivity index (χ2v) is 7.18. The van der Waals surface area contributed by atoms with Crippen molar-refractivity contribution < 1.29 is 4.79 Å². The van der Waals surface area contributed by atoms with Gasteiger partial charge in [-0.15, -0.1) is 5.10 Å². The van der Waals surface area contributed by atoms with Crippen molar-refractivity contribution in [1.82, 2.24) is 10.2 Å². The molecule has 130 valence electrons. The van der Waals surface area contributed by atoms with Crippen molar-refractivity contribution in [1.29, 1.82) is 0 Å². The first-order valence-corrected chi connectivity index (χ1v) is 9.10. The Bertz CT molecular complexity index is 766. The molecule has 0 saturated carbocycles. The molecule has 2 aliphatic rings. The van der Waals surface area contributed by atoms with Gasteiger partial charge in [-0.2, -0.15) is 5.10 Å². The minimum atomic E-state index is 0.100. The Morgan fingerprint density at radius 2 is 1.84 bits per heavy atom. The number of carbonyl (C=O) groups is 1. The maximum Gasteiger partial charge on any atom is 0.230 e. The van der Waals surface area contributed by atoms with E-state index in [1.54, 1.807) is 0 Å². The van der Waals surface area contributed by atoms with Crippen LogP contribution in [0.3, 0.4) is 0 Å². The summed E-state index contributed by atoms with van der Waals surface area (Å²) in [5, 5.41) is 8.41. The quantitative estimate of drug-likeness (QED) is 0.846. The molecule has 1 atom stereocenters. The van der Waals surface area contributed by atoms with Gasteiger partial charge in [-0.1, -0.05) is 18.2 Å². The number of hydrogen-bond acceptors (Lipinski definition) is 4. The van der Waals surface area contributed by atoms with Crippen LogP contribution in [0.15, 0.2) is 36.4 Å². The summed E-state index contributed by atoms with van der Waals surface area (Å²) in [6.45, 7) is 5.81. The van der Waals surface area contributed by atoms with Crippen LogP contribution < -0.4 is 9.80 Å². The molecule has 0 radical (unpaired) electrons. The molecule has 1 saturated heterocycles. The van der Waals surface area contributed by atoms with E-state index in [9.17, 15) is 4.79 Å². The number of benzene rings is 1. The monoisotopic (exact) mass is 336 g/mol. The molecule has 1 fully saturated rings. The number of piperidine rings is 1. The van der Waals surface area contributed by atoms with Crippen molar-refractivity contribution >= 4 is 17.4 Å². The van der Waals surface area contributed by atoms with Gasteiger partial charge in [-0.25, -0.2) is 0 Å². The molecule has 1 aromatic heterocycles. The van der Waals surface area contributed by atoms with E-state index in [1.165, 1.54) is 5.56 Å². The van der Waals surface area contributed by atoms with E-state index < -0.39 is 0 Å². The summed E-state index contributed by atoms with van der Waals surface area (Å²) >= 11 is 0. The number of aryl methyl sites for hydroxylation is 1. The van der Waals surface area contributed by atoms with Gasteiger partial charge in [0.15, 0.2) is 5.82 Å². The summed E-state index contributed by atoms with van der Waals surface area (Å²) in [5.41, 5.74) is 3.32. The molecule has 0 N–H and O–H groups in total. The van der Waals surface area contributed by atoms with Crippen LogP contribution in [0.1, 0.15) is 31.0 Å². The van der Waals surface area contributed by atoms with Crippen molar-refractivity contribution in [2.24, 2.45) is 5.92 Å². The maximum atomic E-state index is 13.1. The normalized spacial score (nSPS) is 20.6. The topological polar surface area (TPSA) is 49.3 Å².